The molecule has 2 amide bonds. The number of amides is 2. The van der Waals surface area contributed by atoms with Gasteiger partial charge in [0.1, 0.15) is 6.04 Å². The first-order chi connectivity index (χ1) is 9.06. The second kappa shape index (κ2) is 8.27. The van der Waals surface area contributed by atoms with Crippen LogP contribution in [-0.4, -0.2) is 66.2 Å². The molecular weight excluding hydrogens is 266 g/mol. The minimum absolute atomic E-state index is 0.191. The monoisotopic (exact) mass is 289 g/mol. The van der Waals surface area contributed by atoms with Crippen LogP contribution in [-0.2, 0) is 4.79 Å². The van der Waals surface area contributed by atoms with E-state index in [4.69, 9.17) is 5.11 Å². The number of hydrogen-bond donors (Lipinski definition) is 3. The number of carboxylic acid groups (broad SMARTS) is 1. The van der Waals surface area contributed by atoms with Gasteiger partial charge in [-0.25, -0.2) is 9.59 Å². The predicted octanol–water partition coefficient (Wildman–Crippen LogP) is 0.586. The summed E-state index contributed by atoms with van der Waals surface area (Å²) < 4.78 is 0. The van der Waals surface area contributed by atoms with Crippen LogP contribution in [0.15, 0.2) is 0 Å². The number of hydrogen-bond acceptors (Lipinski definition) is 4. The van der Waals surface area contributed by atoms with E-state index < -0.39 is 12.0 Å². The third kappa shape index (κ3) is 5.28. The lowest BCUT2D eigenvalue weighted by Gasteiger charge is -2.32. The Kier molecular flexibility index (Phi) is 7.01. The van der Waals surface area contributed by atoms with Crippen LogP contribution in [0.2, 0.25) is 0 Å². The smallest absolute Gasteiger partial charge is 0.326 e. The fourth-order valence-corrected chi connectivity index (χ4v) is 2.58. The zero-order valence-corrected chi connectivity index (χ0v) is 12.3. The van der Waals surface area contributed by atoms with Gasteiger partial charge in [-0.2, -0.15) is 11.8 Å². The average Bonchev–Trinajstić information content (AvgIpc) is 2.43. The molecule has 1 aliphatic rings. The lowest BCUT2D eigenvalue weighted by atomic mass is 10.1. The van der Waals surface area contributed by atoms with Crippen LogP contribution in [0, 0.1) is 0 Å². The molecule has 7 heteroatoms. The fraction of sp³-hybridized carbons (Fsp3) is 0.833. The van der Waals surface area contributed by atoms with Gasteiger partial charge in [0.2, 0.25) is 0 Å². The maximum atomic E-state index is 12.0. The molecule has 1 heterocycles. The molecule has 110 valence electrons. The normalized spacial score (nSPS) is 17.8. The summed E-state index contributed by atoms with van der Waals surface area (Å²) in [5.74, 6) is -0.255. The van der Waals surface area contributed by atoms with Gasteiger partial charge in [-0.3, -0.25) is 0 Å². The summed E-state index contributed by atoms with van der Waals surface area (Å²) in [6.45, 7) is 1.80. The number of piperidine rings is 1. The molecule has 1 atom stereocenters. The lowest BCUT2D eigenvalue weighted by Crippen LogP contribution is -2.52. The molecule has 1 saturated heterocycles. The highest BCUT2D eigenvalue weighted by Gasteiger charge is 2.25. The third-order valence-electron chi connectivity index (χ3n) is 3.38. The molecule has 1 rings (SSSR count). The molecule has 0 saturated carbocycles. The quantitative estimate of drug-likeness (QED) is 0.666. The molecule has 1 aliphatic heterocycles. The van der Waals surface area contributed by atoms with Gasteiger partial charge in [-0.15, -0.1) is 0 Å². The minimum Gasteiger partial charge on any atom is -0.480 e. The van der Waals surface area contributed by atoms with Crippen LogP contribution < -0.4 is 10.6 Å². The lowest BCUT2D eigenvalue weighted by molar-refractivity contribution is -0.139. The molecule has 0 aromatic carbocycles. The Balaban J connectivity index is 2.47. The van der Waals surface area contributed by atoms with Gasteiger partial charge < -0.3 is 20.6 Å². The molecule has 0 aromatic heterocycles. The van der Waals surface area contributed by atoms with Crippen molar-refractivity contribution in [3.8, 4) is 0 Å². The Morgan fingerprint density at radius 1 is 1.47 bits per heavy atom. The number of aliphatic carboxylic acids is 1. The van der Waals surface area contributed by atoms with Crippen LogP contribution in [0.4, 0.5) is 4.79 Å². The van der Waals surface area contributed by atoms with Crippen LogP contribution in [0.25, 0.3) is 0 Å². The first-order valence-electron chi connectivity index (χ1n) is 6.52. The van der Waals surface area contributed by atoms with Crippen LogP contribution in [0.5, 0.6) is 0 Å². The third-order valence-corrected chi connectivity index (χ3v) is 4.03. The Labute approximate surface area is 118 Å². The van der Waals surface area contributed by atoms with Gasteiger partial charge in [0.15, 0.2) is 0 Å². The van der Waals surface area contributed by atoms with E-state index in [2.05, 4.69) is 10.6 Å². The molecule has 0 radical (unpaired) electrons. The van der Waals surface area contributed by atoms with E-state index in [1.54, 1.807) is 23.7 Å². The number of rotatable bonds is 6. The molecule has 3 N–H and O–H groups in total. The zero-order valence-electron chi connectivity index (χ0n) is 11.5. The van der Waals surface area contributed by atoms with Crippen molar-refractivity contribution in [3.05, 3.63) is 0 Å². The summed E-state index contributed by atoms with van der Waals surface area (Å²) in [7, 11) is 1.73. The van der Waals surface area contributed by atoms with Crippen molar-refractivity contribution >= 4 is 23.8 Å². The van der Waals surface area contributed by atoms with Crippen molar-refractivity contribution in [3.63, 3.8) is 0 Å². The Morgan fingerprint density at radius 2 is 2.11 bits per heavy atom. The number of nitrogens with zero attached hydrogens (tertiary/aromatic N) is 1. The summed E-state index contributed by atoms with van der Waals surface area (Å²) in [5.41, 5.74) is 0. The van der Waals surface area contributed by atoms with Gasteiger partial charge in [-0.05, 0) is 44.4 Å². The first-order valence-corrected chi connectivity index (χ1v) is 7.91. The summed E-state index contributed by atoms with van der Waals surface area (Å²) in [5, 5.41) is 14.9. The van der Waals surface area contributed by atoms with Crippen molar-refractivity contribution in [2.75, 3.05) is 32.1 Å². The molecule has 0 aromatic rings. The largest absolute Gasteiger partial charge is 0.480 e. The summed E-state index contributed by atoms with van der Waals surface area (Å²) in [4.78, 5) is 24.8. The molecule has 0 aliphatic carbocycles. The Hall–Kier alpha value is -0.950. The van der Waals surface area contributed by atoms with Crippen LogP contribution in [0.3, 0.4) is 0 Å². The second-order valence-corrected chi connectivity index (χ2v) is 5.70. The van der Waals surface area contributed by atoms with E-state index in [1.807, 2.05) is 6.26 Å². The number of carbonyl (C=O) groups is 2. The van der Waals surface area contributed by atoms with Gasteiger partial charge in [0.25, 0.3) is 0 Å². The number of nitrogens with one attached hydrogen (secondary N) is 2. The van der Waals surface area contributed by atoms with E-state index in [0.29, 0.717) is 12.2 Å². The highest BCUT2D eigenvalue weighted by atomic mass is 32.2. The topological polar surface area (TPSA) is 81.7 Å². The van der Waals surface area contributed by atoms with Crippen molar-refractivity contribution in [1.29, 1.82) is 0 Å². The number of carboxylic acids is 1. The number of carbonyl (C=O) groups excluding carboxylic acids is 1. The maximum absolute atomic E-state index is 12.0. The SMILES string of the molecule is CSCC[C@@H](NC(=O)N(C)C1CCNCC1)C(=O)O. The van der Waals surface area contributed by atoms with Crippen molar-refractivity contribution < 1.29 is 14.7 Å². The highest BCUT2D eigenvalue weighted by molar-refractivity contribution is 7.98. The van der Waals surface area contributed by atoms with Crippen LogP contribution in [0.1, 0.15) is 19.3 Å². The Morgan fingerprint density at radius 3 is 2.63 bits per heavy atom. The fourth-order valence-electron chi connectivity index (χ4n) is 2.10. The predicted molar refractivity (Wildman–Crippen MR) is 76.6 cm³/mol. The van der Waals surface area contributed by atoms with Gasteiger partial charge in [0, 0.05) is 13.1 Å². The van der Waals surface area contributed by atoms with Crippen LogP contribution >= 0.6 is 11.8 Å². The standard InChI is InChI=1S/C12H23N3O3S/c1-15(9-3-6-13-7-4-9)12(18)14-10(11(16)17)5-8-19-2/h9-10,13H,3-8H2,1-2H3,(H,14,18)(H,16,17)/t10-/m1/s1. The summed E-state index contributed by atoms with van der Waals surface area (Å²) in [6, 6.07) is -0.902. The van der Waals surface area contributed by atoms with Crippen molar-refractivity contribution in [2.24, 2.45) is 0 Å². The zero-order chi connectivity index (χ0) is 14.3. The Bertz CT molecular complexity index is 309. The van der Waals surface area contributed by atoms with E-state index in [1.165, 1.54) is 0 Å². The summed E-state index contributed by atoms with van der Waals surface area (Å²) >= 11 is 1.57. The van der Waals surface area contributed by atoms with E-state index >= 15 is 0 Å². The number of urea groups is 1. The average molecular weight is 289 g/mol. The minimum atomic E-state index is -0.971. The molecular formula is C12H23N3O3S. The molecule has 19 heavy (non-hydrogen) atoms. The first kappa shape index (κ1) is 16.1. The van der Waals surface area contributed by atoms with E-state index in [0.717, 1.165) is 25.9 Å². The van der Waals surface area contributed by atoms with Gasteiger partial charge >= 0.3 is 12.0 Å². The second-order valence-electron chi connectivity index (χ2n) is 4.71. The highest BCUT2D eigenvalue weighted by Crippen LogP contribution is 2.10. The molecule has 6 nitrogen and oxygen atoms in total. The maximum Gasteiger partial charge on any atom is 0.326 e. The van der Waals surface area contributed by atoms with Crippen molar-refractivity contribution in [2.45, 2.75) is 31.3 Å². The van der Waals surface area contributed by atoms with Gasteiger partial charge in [-0.1, -0.05) is 0 Å². The molecule has 0 unspecified atom stereocenters. The van der Waals surface area contributed by atoms with Crippen molar-refractivity contribution in [1.82, 2.24) is 15.5 Å². The molecule has 1 fully saturated rings. The molecule has 0 spiro atoms. The van der Waals surface area contributed by atoms with Gasteiger partial charge in [0.05, 0.1) is 0 Å². The summed E-state index contributed by atoms with van der Waals surface area (Å²) in [6.07, 6.45) is 4.18. The van der Waals surface area contributed by atoms with E-state index in [9.17, 15) is 9.59 Å². The van der Waals surface area contributed by atoms with E-state index in [-0.39, 0.29) is 12.1 Å². The molecule has 0 bridgehead atoms. The number of thioether (sulfide) groups is 1.